The van der Waals surface area contributed by atoms with Crippen LogP contribution in [-0.4, -0.2) is 113 Å². The van der Waals surface area contributed by atoms with Crippen LogP contribution in [0.1, 0.15) is 46.0 Å². The summed E-state index contributed by atoms with van der Waals surface area (Å²) in [6.07, 6.45) is 1.34. The van der Waals surface area contributed by atoms with Gasteiger partial charge in [-0.05, 0) is 102 Å². The predicted molar refractivity (Wildman–Crippen MR) is 261 cm³/mol. The van der Waals surface area contributed by atoms with Crippen molar-refractivity contribution in [2.45, 2.75) is 37.3 Å². The van der Waals surface area contributed by atoms with Gasteiger partial charge in [-0.1, -0.05) is 61.5 Å². The Hall–Kier alpha value is -7.11. The average molecular weight is 955 g/mol. The molecule has 2 aliphatic rings. The number of carbonyl (C=O) groups is 4. The Kier molecular flexibility index (Phi) is 15.6. The van der Waals surface area contributed by atoms with Gasteiger partial charge in [0.25, 0.3) is 11.8 Å². The van der Waals surface area contributed by atoms with Crippen molar-refractivity contribution in [2.24, 2.45) is 0 Å². The van der Waals surface area contributed by atoms with Crippen LogP contribution in [0.25, 0.3) is 21.9 Å². The molecule has 15 nitrogen and oxygen atoms in total. The van der Waals surface area contributed by atoms with E-state index >= 15 is 0 Å². The van der Waals surface area contributed by atoms with Gasteiger partial charge in [0.15, 0.2) is 9.84 Å². The Bertz CT molecular complexity index is 2910. The van der Waals surface area contributed by atoms with Crippen LogP contribution in [0, 0.1) is 0 Å². The molecular formula is C53H54N4O11S. The zero-order valence-electron chi connectivity index (χ0n) is 38.5. The summed E-state index contributed by atoms with van der Waals surface area (Å²) < 4.78 is 54.8. The first-order valence-corrected chi connectivity index (χ1v) is 24.8. The summed E-state index contributed by atoms with van der Waals surface area (Å²) in [7, 11) is -3.36. The number of benzene rings is 6. The second kappa shape index (κ2) is 22.3. The number of fused-ring (bicyclic) bond motifs is 2. The number of rotatable bonds is 23. The minimum atomic E-state index is -3.36. The quantitative estimate of drug-likeness (QED) is 0.0476. The van der Waals surface area contributed by atoms with E-state index in [0.717, 1.165) is 44.7 Å². The molecule has 6 aromatic rings. The lowest BCUT2D eigenvalue weighted by atomic mass is 9.99. The van der Waals surface area contributed by atoms with E-state index in [1.54, 1.807) is 42.5 Å². The number of likely N-dealkylation sites (N-methyl/N-ethyl adjacent to an activating group) is 1. The van der Waals surface area contributed by atoms with E-state index in [-0.39, 0.29) is 28.9 Å². The molecule has 4 amide bonds. The predicted octanol–water partition coefficient (Wildman–Crippen LogP) is 7.53. The highest BCUT2D eigenvalue weighted by molar-refractivity contribution is 7.90. The van der Waals surface area contributed by atoms with Crippen LogP contribution in [0.5, 0.6) is 23.0 Å². The van der Waals surface area contributed by atoms with Gasteiger partial charge in [0.05, 0.1) is 42.4 Å². The van der Waals surface area contributed by atoms with Crippen molar-refractivity contribution in [2.75, 3.05) is 70.8 Å². The lowest BCUT2D eigenvalue weighted by Crippen LogP contribution is -2.54. The van der Waals surface area contributed by atoms with Crippen molar-refractivity contribution in [3.63, 3.8) is 0 Å². The van der Waals surface area contributed by atoms with Crippen LogP contribution in [0.2, 0.25) is 0 Å². The summed E-state index contributed by atoms with van der Waals surface area (Å²) in [6, 6.07) is 38.0. The molecule has 6 aromatic carbocycles. The van der Waals surface area contributed by atoms with Gasteiger partial charge in [-0.3, -0.25) is 34.3 Å². The van der Waals surface area contributed by atoms with Crippen LogP contribution in [-0.2, 0) is 35.5 Å². The van der Waals surface area contributed by atoms with Crippen molar-refractivity contribution >= 4 is 49.9 Å². The molecule has 2 N–H and O–H groups in total. The number of nitrogens with zero attached hydrogens (tertiary/aromatic N) is 2. The summed E-state index contributed by atoms with van der Waals surface area (Å²) in [5.41, 5.74) is 3.57. The maximum Gasteiger partial charge on any atom is 0.264 e. The molecular weight excluding hydrogens is 901 g/mol. The fourth-order valence-electron chi connectivity index (χ4n) is 8.21. The van der Waals surface area contributed by atoms with Gasteiger partial charge < -0.3 is 29.0 Å². The molecule has 1 fully saturated rings. The van der Waals surface area contributed by atoms with Gasteiger partial charge in [-0.15, -0.1) is 0 Å². The van der Waals surface area contributed by atoms with Crippen LogP contribution < -0.4 is 24.8 Å². The molecule has 2 heterocycles. The van der Waals surface area contributed by atoms with Crippen LogP contribution in [0.15, 0.2) is 132 Å². The topological polar surface area (TPSA) is 179 Å². The van der Waals surface area contributed by atoms with E-state index in [0.29, 0.717) is 82.2 Å². The van der Waals surface area contributed by atoms with E-state index in [1.165, 1.54) is 6.26 Å². The summed E-state index contributed by atoms with van der Waals surface area (Å²) in [5.74, 6) is 0.463. The molecule has 0 bridgehead atoms. The third-order valence-electron chi connectivity index (χ3n) is 11.9. The van der Waals surface area contributed by atoms with Gasteiger partial charge in [0.1, 0.15) is 42.3 Å². The molecule has 0 spiro atoms. The molecule has 69 heavy (non-hydrogen) atoms. The maximum atomic E-state index is 13.3. The van der Waals surface area contributed by atoms with Crippen LogP contribution in [0.4, 0.5) is 5.69 Å². The number of imide groups is 2. The number of carbonyl (C=O) groups excluding carboxylic acids is 4. The third kappa shape index (κ3) is 12.0. The number of anilines is 1. The number of sulfone groups is 1. The first-order valence-electron chi connectivity index (χ1n) is 22.9. The van der Waals surface area contributed by atoms with E-state index in [1.807, 2.05) is 84.9 Å². The number of hydrogen-bond donors (Lipinski definition) is 2. The standard InChI is InChI=1S/C53H54N4O11S/c1-3-56(27-30-65-33-32-64-29-26-54-46-11-7-10-45-49(46)53(61)57(52(45)60)47-24-25-48(58)55-51(47)59)28-31-66-39-15-17-40(18-16-39)68-50-43(37-12-20-42(21-13-37)69(2,62)63)22-14-38-34-41(19-23-44(38)50)67-35-36-8-5-4-6-9-36/h4-23,34,47,54H,3,24-33,35H2,1-2H3,(H,55,58,59). The summed E-state index contributed by atoms with van der Waals surface area (Å²) >= 11 is 0. The van der Waals surface area contributed by atoms with Crippen molar-refractivity contribution in [3.05, 3.63) is 144 Å². The van der Waals surface area contributed by atoms with Crippen molar-refractivity contribution in [3.8, 4) is 34.1 Å². The fraction of sp³-hybridized carbons (Fsp3) is 0.283. The second-order valence-electron chi connectivity index (χ2n) is 16.6. The monoisotopic (exact) mass is 954 g/mol. The molecule has 0 aliphatic carbocycles. The Morgan fingerprint density at radius 2 is 1.43 bits per heavy atom. The van der Waals surface area contributed by atoms with Gasteiger partial charge >= 0.3 is 0 Å². The zero-order valence-corrected chi connectivity index (χ0v) is 39.3. The number of ether oxygens (including phenoxy) is 5. The first kappa shape index (κ1) is 48.4. The third-order valence-corrected chi connectivity index (χ3v) is 13.0. The van der Waals surface area contributed by atoms with E-state index in [4.69, 9.17) is 23.7 Å². The van der Waals surface area contributed by atoms with Gasteiger partial charge in [-0.2, -0.15) is 0 Å². The number of amides is 4. The molecule has 16 heteroatoms. The van der Waals surface area contributed by atoms with Gasteiger partial charge in [0.2, 0.25) is 11.8 Å². The number of hydrogen-bond acceptors (Lipinski definition) is 13. The summed E-state index contributed by atoms with van der Waals surface area (Å²) in [4.78, 5) is 53.9. The Morgan fingerprint density at radius 3 is 2.17 bits per heavy atom. The number of piperidine rings is 1. The highest BCUT2D eigenvalue weighted by Gasteiger charge is 2.45. The lowest BCUT2D eigenvalue weighted by Gasteiger charge is -2.27. The molecule has 8 rings (SSSR count). The summed E-state index contributed by atoms with van der Waals surface area (Å²) in [5, 5.41) is 7.17. The highest BCUT2D eigenvalue weighted by Crippen LogP contribution is 2.41. The molecule has 0 aromatic heterocycles. The van der Waals surface area contributed by atoms with Crippen molar-refractivity contribution in [1.29, 1.82) is 0 Å². The Balaban J connectivity index is 0.776. The second-order valence-corrected chi connectivity index (χ2v) is 18.6. The van der Waals surface area contributed by atoms with Crippen LogP contribution in [0.3, 0.4) is 0 Å². The van der Waals surface area contributed by atoms with E-state index < -0.39 is 39.5 Å². The molecule has 1 atom stereocenters. The largest absolute Gasteiger partial charge is 0.492 e. The maximum absolute atomic E-state index is 13.3. The highest BCUT2D eigenvalue weighted by atomic mass is 32.2. The molecule has 0 radical (unpaired) electrons. The van der Waals surface area contributed by atoms with Gasteiger partial charge in [-0.25, -0.2) is 8.42 Å². The SMILES string of the molecule is CCN(CCOCCOCCNc1cccc2c1C(=O)N(C1CCC(=O)NC1=O)C2=O)CCOc1ccc(Oc2c(-c3ccc(S(C)(=O)=O)cc3)ccc3cc(OCc4ccccc4)ccc23)cc1. The van der Waals surface area contributed by atoms with Crippen molar-refractivity contribution in [1.82, 2.24) is 15.1 Å². The minimum absolute atomic E-state index is 0.0561. The number of nitrogens with one attached hydrogen (secondary N) is 2. The first-order chi connectivity index (χ1) is 33.5. The Labute approximate surface area is 401 Å². The average Bonchev–Trinajstić information content (AvgIpc) is 3.61. The summed E-state index contributed by atoms with van der Waals surface area (Å²) in [6.45, 7) is 7.19. The smallest absolute Gasteiger partial charge is 0.264 e. The zero-order chi connectivity index (χ0) is 48.3. The van der Waals surface area contributed by atoms with Crippen LogP contribution >= 0.6 is 0 Å². The van der Waals surface area contributed by atoms with E-state index in [9.17, 15) is 27.6 Å². The van der Waals surface area contributed by atoms with Crippen molar-refractivity contribution < 1.29 is 51.3 Å². The fourth-order valence-corrected chi connectivity index (χ4v) is 8.84. The normalized spacial score (nSPS) is 14.8. The van der Waals surface area contributed by atoms with Gasteiger partial charge in [0, 0.05) is 48.9 Å². The Morgan fingerprint density at radius 1 is 0.710 bits per heavy atom. The molecule has 0 saturated carbocycles. The lowest BCUT2D eigenvalue weighted by molar-refractivity contribution is -0.136. The molecule has 1 saturated heterocycles. The molecule has 358 valence electrons. The minimum Gasteiger partial charge on any atom is -0.492 e. The molecule has 2 aliphatic heterocycles. The molecule has 1 unspecified atom stereocenters. The van der Waals surface area contributed by atoms with E-state index in [2.05, 4.69) is 22.5 Å².